The van der Waals surface area contributed by atoms with Crippen molar-refractivity contribution in [2.45, 2.75) is 13.0 Å². The van der Waals surface area contributed by atoms with E-state index in [1.807, 2.05) is 0 Å². The molecule has 1 aliphatic heterocycles. The first-order chi connectivity index (χ1) is 10.3. The Labute approximate surface area is 130 Å². The summed E-state index contributed by atoms with van der Waals surface area (Å²) in [4.78, 5) is 9.38. The average Bonchev–Trinajstić information content (AvgIpc) is 2.93. The quantitative estimate of drug-likeness (QED) is 0.918. The Balaban J connectivity index is 1.40. The van der Waals surface area contributed by atoms with Crippen LogP contribution < -0.4 is 5.73 Å². The lowest BCUT2D eigenvalue weighted by Gasteiger charge is -2.34. The fraction of sp³-hybridized carbons (Fsp3) is 0.438. The topological polar surface area (TPSA) is 45.4 Å². The first kappa shape index (κ1) is 14.5. The number of rotatable bonds is 5. The molecule has 5 heteroatoms. The highest BCUT2D eigenvalue weighted by Crippen LogP contribution is 2.13. The number of benzene rings is 1. The van der Waals surface area contributed by atoms with Crippen LogP contribution in [0.15, 0.2) is 35.7 Å². The van der Waals surface area contributed by atoms with Crippen molar-refractivity contribution in [3.63, 3.8) is 0 Å². The van der Waals surface area contributed by atoms with Gasteiger partial charge in [0.1, 0.15) is 0 Å². The number of hydrogen-bond acceptors (Lipinski definition) is 5. The standard InChI is InChI=1S/C16H22N4S/c17-16-18-15(13-21-16)6-7-19-8-10-20(11-9-19)12-14-4-2-1-3-5-14/h1-5,13H,6-12H2,(H2,17,18). The van der Waals surface area contributed by atoms with Gasteiger partial charge in [-0.3, -0.25) is 4.90 Å². The largest absolute Gasteiger partial charge is 0.375 e. The zero-order valence-electron chi connectivity index (χ0n) is 12.2. The number of nitrogens with two attached hydrogens (primary N) is 1. The van der Waals surface area contributed by atoms with E-state index < -0.39 is 0 Å². The Kier molecular flexibility index (Phi) is 4.85. The van der Waals surface area contributed by atoms with Gasteiger partial charge in [0.25, 0.3) is 0 Å². The molecule has 0 atom stereocenters. The van der Waals surface area contributed by atoms with E-state index in [9.17, 15) is 0 Å². The van der Waals surface area contributed by atoms with Crippen LogP contribution >= 0.6 is 11.3 Å². The summed E-state index contributed by atoms with van der Waals surface area (Å²) < 4.78 is 0. The van der Waals surface area contributed by atoms with Crippen molar-refractivity contribution < 1.29 is 0 Å². The molecule has 2 heterocycles. The third-order valence-electron chi connectivity index (χ3n) is 3.97. The number of piperazine rings is 1. The minimum absolute atomic E-state index is 0.678. The summed E-state index contributed by atoms with van der Waals surface area (Å²) in [7, 11) is 0. The molecule has 0 unspecified atom stereocenters. The molecule has 1 aliphatic rings. The van der Waals surface area contributed by atoms with Gasteiger partial charge in [0.2, 0.25) is 0 Å². The Hall–Kier alpha value is -1.43. The van der Waals surface area contributed by atoms with Crippen molar-refractivity contribution in [3.8, 4) is 0 Å². The molecule has 0 bridgehead atoms. The highest BCUT2D eigenvalue weighted by molar-refractivity contribution is 7.13. The van der Waals surface area contributed by atoms with Gasteiger partial charge in [-0.2, -0.15) is 0 Å². The van der Waals surface area contributed by atoms with Crippen molar-refractivity contribution in [1.29, 1.82) is 0 Å². The predicted molar refractivity (Wildman–Crippen MR) is 88.4 cm³/mol. The van der Waals surface area contributed by atoms with Crippen LogP contribution in [0.1, 0.15) is 11.3 Å². The van der Waals surface area contributed by atoms with Crippen LogP contribution in [0.5, 0.6) is 0 Å². The van der Waals surface area contributed by atoms with Crippen LogP contribution in [-0.4, -0.2) is 47.5 Å². The molecule has 2 N–H and O–H groups in total. The second-order valence-electron chi connectivity index (χ2n) is 5.53. The van der Waals surface area contributed by atoms with Crippen molar-refractivity contribution in [3.05, 3.63) is 47.0 Å². The van der Waals surface area contributed by atoms with Gasteiger partial charge in [0.05, 0.1) is 5.69 Å². The molecule has 1 aromatic heterocycles. The van der Waals surface area contributed by atoms with Crippen molar-refractivity contribution >= 4 is 16.5 Å². The molecular formula is C16H22N4S. The van der Waals surface area contributed by atoms with Crippen LogP contribution in [0.3, 0.4) is 0 Å². The number of hydrogen-bond donors (Lipinski definition) is 1. The van der Waals surface area contributed by atoms with Gasteiger partial charge < -0.3 is 10.6 Å². The molecule has 3 rings (SSSR count). The van der Waals surface area contributed by atoms with Crippen LogP contribution in [0.25, 0.3) is 0 Å². The van der Waals surface area contributed by atoms with Gasteiger partial charge in [-0.1, -0.05) is 30.3 Å². The van der Waals surface area contributed by atoms with Crippen molar-refractivity contribution in [1.82, 2.24) is 14.8 Å². The second-order valence-corrected chi connectivity index (χ2v) is 6.42. The summed E-state index contributed by atoms with van der Waals surface area (Å²) in [5.41, 5.74) is 8.20. The van der Waals surface area contributed by atoms with Gasteiger partial charge >= 0.3 is 0 Å². The molecule has 1 fully saturated rings. The monoisotopic (exact) mass is 302 g/mol. The maximum Gasteiger partial charge on any atom is 0.180 e. The molecule has 0 spiro atoms. The fourth-order valence-corrected chi connectivity index (χ4v) is 3.32. The van der Waals surface area contributed by atoms with E-state index in [-0.39, 0.29) is 0 Å². The molecule has 1 saturated heterocycles. The van der Waals surface area contributed by atoms with Gasteiger partial charge in [-0.25, -0.2) is 4.98 Å². The van der Waals surface area contributed by atoms with E-state index >= 15 is 0 Å². The first-order valence-electron chi connectivity index (χ1n) is 7.48. The number of nitrogens with zero attached hydrogens (tertiary/aromatic N) is 3. The zero-order chi connectivity index (χ0) is 14.5. The molecular weight excluding hydrogens is 280 g/mol. The molecule has 4 nitrogen and oxygen atoms in total. The highest BCUT2D eigenvalue weighted by atomic mass is 32.1. The van der Waals surface area contributed by atoms with E-state index in [1.165, 1.54) is 16.9 Å². The summed E-state index contributed by atoms with van der Waals surface area (Å²) >= 11 is 1.53. The van der Waals surface area contributed by atoms with Gasteiger partial charge in [0, 0.05) is 51.1 Å². The Morgan fingerprint density at radius 1 is 1.05 bits per heavy atom. The predicted octanol–water partition coefficient (Wildman–Crippen LogP) is 2.09. The van der Waals surface area contributed by atoms with Crippen LogP contribution in [-0.2, 0) is 13.0 Å². The maximum atomic E-state index is 5.67. The van der Waals surface area contributed by atoms with E-state index in [2.05, 4.69) is 50.5 Å². The molecule has 112 valence electrons. The minimum Gasteiger partial charge on any atom is -0.375 e. The lowest BCUT2D eigenvalue weighted by Crippen LogP contribution is -2.46. The fourth-order valence-electron chi connectivity index (χ4n) is 2.72. The number of aromatic nitrogens is 1. The molecule has 1 aromatic carbocycles. The SMILES string of the molecule is Nc1nc(CCN2CCN(Cc3ccccc3)CC2)cs1. The first-order valence-corrected chi connectivity index (χ1v) is 8.36. The molecule has 0 radical (unpaired) electrons. The van der Waals surface area contributed by atoms with Crippen LogP contribution in [0, 0.1) is 0 Å². The van der Waals surface area contributed by atoms with Gasteiger partial charge in [-0.15, -0.1) is 11.3 Å². The molecule has 21 heavy (non-hydrogen) atoms. The summed E-state index contributed by atoms with van der Waals surface area (Å²) in [5, 5.41) is 2.75. The highest BCUT2D eigenvalue weighted by Gasteiger charge is 2.16. The lowest BCUT2D eigenvalue weighted by atomic mass is 10.2. The van der Waals surface area contributed by atoms with Gasteiger partial charge in [0.15, 0.2) is 5.13 Å². The Bertz CT molecular complexity index is 546. The number of nitrogen functional groups attached to an aromatic ring is 1. The van der Waals surface area contributed by atoms with E-state index in [1.54, 1.807) is 0 Å². The van der Waals surface area contributed by atoms with Crippen LogP contribution in [0.4, 0.5) is 5.13 Å². The maximum absolute atomic E-state index is 5.67. The second kappa shape index (κ2) is 7.02. The van der Waals surface area contributed by atoms with E-state index in [4.69, 9.17) is 5.73 Å². The van der Waals surface area contributed by atoms with Gasteiger partial charge in [-0.05, 0) is 5.56 Å². The summed E-state index contributed by atoms with van der Waals surface area (Å²) in [5.74, 6) is 0. The molecule has 2 aromatic rings. The summed E-state index contributed by atoms with van der Waals surface area (Å²) in [6, 6.07) is 10.7. The number of anilines is 1. The third kappa shape index (κ3) is 4.27. The number of thiazole rings is 1. The van der Waals surface area contributed by atoms with Crippen molar-refractivity contribution in [2.75, 3.05) is 38.5 Å². The third-order valence-corrected chi connectivity index (χ3v) is 4.69. The normalized spacial score (nSPS) is 17.1. The average molecular weight is 302 g/mol. The van der Waals surface area contributed by atoms with Crippen LogP contribution in [0.2, 0.25) is 0 Å². The summed E-state index contributed by atoms with van der Waals surface area (Å²) in [6.07, 6.45) is 1.01. The summed E-state index contributed by atoms with van der Waals surface area (Å²) in [6.45, 7) is 6.74. The zero-order valence-corrected chi connectivity index (χ0v) is 13.1. The smallest absolute Gasteiger partial charge is 0.180 e. The molecule has 0 aliphatic carbocycles. The molecule has 0 amide bonds. The van der Waals surface area contributed by atoms with E-state index in [0.717, 1.165) is 51.4 Å². The minimum atomic E-state index is 0.678. The molecule has 0 saturated carbocycles. The Morgan fingerprint density at radius 3 is 2.43 bits per heavy atom. The lowest BCUT2D eigenvalue weighted by molar-refractivity contribution is 0.128. The Morgan fingerprint density at radius 2 is 1.76 bits per heavy atom. The van der Waals surface area contributed by atoms with Crippen molar-refractivity contribution in [2.24, 2.45) is 0 Å². The van der Waals surface area contributed by atoms with E-state index in [0.29, 0.717) is 5.13 Å².